The van der Waals surface area contributed by atoms with E-state index in [1.807, 2.05) is 48.5 Å². The van der Waals surface area contributed by atoms with Gasteiger partial charge in [-0.3, -0.25) is 4.57 Å². The molecule has 0 aliphatic carbocycles. The number of benzene rings is 2. The summed E-state index contributed by atoms with van der Waals surface area (Å²) >= 11 is 0. The van der Waals surface area contributed by atoms with Crippen molar-refractivity contribution >= 4 is 12.8 Å². The Kier molecular flexibility index (Phi) is 3.02. The quantitative estimate of drug-likeness (QED) is 0.687. The fourth-order valence-corrected chi connectivity index (χ4v) is 4.15. The molecule has 0 radical (unpaired) electrons. The van der Waals surface area contributed by atoms with Crippen molar-refractivity contribution < 1.29 is 9.09 Å². The van der Waals surface area contributed by atoms with Crippen molar-refractivity contribution in [1.82, 2.24) is 5.09 Å². The van der Waals surface area contributed by atoms with Gasteiger partial charge in [0.15, 0.2) is 0 Å². The van der Waals surface area contributed by atoms with Crippen molar-refractivity contribution in [3.05, 3.63) is 61.2 Å². The molecule has 4 heteroatoms. The smallest absolute Gasteiger partial charge is 0.347 e. The van der Waals surface area contributed by atoms with E-state index in [0.717, 1.165) is 16.4 Å². The molecular weight excluding hydrogens is 257 g/mol. The SMILES string of the molecule is C=CCNP1(=O)Oc2ccccc2-c2ccccc21. The molecule has 1 aliphatic heterocycles. The monoisotopic (exact) mass is 271 g/mol. The number of fused-ring (bicyclic) bond motifs is 3. The van der Waals surface area contributed by atoms with Gasteiger partial charge in [-0.2, -0.15) is 0 Å². The molecule has 3 nitrogen and oxygen atoms in total. The standard InChI is InChI=1S/C15H14NO2P/c1-2-11-16-19(17)15-10-6-4-8-13(15)12-7-3-5-9-14(12)18-19/h2-10H,1,11H2,(H,16,17). The summed E-state index contributed by atoms with van der Waals surface area (Å²) in [5.41, 5.74) is 1.94. The van der Waals surface area contributed by atoms with Crippen LogP contribution in [0.25, 0.3) is 11.1 Å². The molecule has 1 atom stereocenters. The van der Waals surface area contributed by atoms with Gasteiger partial charge in [0.1, 0.15) is 5.75 Å². The lowest BCUT2D eigenvalue weighted by molar-refractivity contribution is 0.480. The van der Waals surface area contributed by atoms with Crippen LogP contribution in [0.3, 0.4) is 0 Å². The summed E-state index contributed by atoms with van der Waals surface area (Å²) in [5, 5.41) is 3.68. The van der Waals surface area contributed by atoms with Gasteiger partial charge >= 0.3 is 7.52 Å². The van der Waals surface area contributed by atoms with Gasteiger partial charge in [-0.1, -0.05) is 42.5 Å². The zero-order valence-electron chi connectivity index (χ0n) is 10.4. The van der Waals surface area contributed by atoms with E-state index < -0.39 is 7.52 Å². The average Bonchev–Trinajstić information content (AvgIpc) is 2.46. The second-order valence-corrected chi connectivity index (χ2v) is 6.39. The van der Waals surface area contributed by atoms with Gasteiger partial charge in [-0.15, -0.1) is 6.58 Å². The molecule has 2 aromatic carbocycles. The van der Waals surface area contributed by atoms with Crippen LogP contribution in [-0.4, -0.2) is 6.54 Å². The molecule has 2 aromatic rings. The lowest BCUT2D eigenvalue weighted by atomic mass is 10.0. The first-order valence-electron chi connectivity index (χ1n) is 6.09. The molecule has 1 heterocycles. The van der Waals surface area contributed by atoms with Crippen LogP contribution in [0.2, 0.25) is 0 Å². The third-order valence-electron chi connectivity index (χ3n) is 3.07. The summed E-state index contributed by atoms with van der Waals surface area (Å²) in [7, 11) is -3.07. The summed E-state index contributed by atoms with van der Waals surface area (Å²) in [6.45, 7) is 4.08. The van der Waals surface area contributed by atoms with Gasteiger partial charge in [0.25, 0.3) is 0 Å². The molecule has 1 aliphatic rings. The molecule has 96 valence electrons. The Hall–Kier alpha value is -1.83. The fraction of sp³-hybridized carbons (Fsp3) is 0.0667. The average molecular weight is 271 g/mol. The van der Waals surface area contributed by atoms with Crippen LogP contribution in [0.15, 0.2) is 61.2 Å². The van der Waals surface area contributed by atoms with Crippen LogP contribution >= 0.6 is 7.52 Å². The van der Waals surface area contributed by atoms with E-state index in [9.17, 15) is 4.57 Å². The fourth-order valence-electron chi connectivity index (χ4n) is 2.22. The van der Waals surface area contributed by atoms with E-state index in [1.54, 1.807) is 6.08 Å². The topological polar surface area (TPSA) is 38.3 Å². The molecule has 0 aromatic heterocycles. The van der Waals surface area contributed by atoms with E-state index in [0.29, 0.717) is 12.3 Å². The van der Waals surface area contributed by atoms with E-state index >= 15 is 0 Å². The van der Waals surface area contributed by atoms with Crippen molar-refractivity contribution in [1.29, 1.82) is 0 Å². The highest BCUT2D eigenvalue weighted by molar-refractivity contribution is 7.65. The first kappa shape index (κ1) is 12.2. The van der Waals surface area contributed by atoms with Crippen molar-refractivity contribution in [3.63, 3.8) is 0 Å². The van der Waals surface area contributed by atoms with Gasteiger partial charge in [0.05, 0.1) is 5.30 Å². The van der Waals surface area contributed by atoms with Gasteiger partial charge < -0.3 is 4.52 Å². The van der Waals surface area contributed by atoms with Crippen molar-refractivity contribution in [2.45, 2.75) is 0 Å². The Morgan fingerprint density at radius 1 is 1.11 bits per heavy atom. The molecule has 1 unspecified atom stereocenters. The summed E-state index contributed by atoms with van der Waals surface area (Å²) < 4.78 is 18.7. The van der Waals surface area contributed by atoms with Crippen molar-refractivity contribution in [3.8, 4) is 16.9 Å². The van der Waals surface area contributed by atoms with Crippen LogP contribution in [0.1, 0.15) is 0 Å². The largest absolute Gasteiger partial charge is 0.429 e. The van der Waals surface area contributed by atoms with Crippen LogP contribution in [-0.2, 0) is 4.57 Å². The zero-order chi connectivity index (χ0) is 13.3. The maximum Gasteiger partial charge on any atom is 0.347 e. The molecule has 3 rings (SSSR count). The van der Waals surface area contributed by atoms with Crippen molar-refractivity contribution in [2.24, 2.45) is 0 Å². The Morgan fingerprint density at radius 3 is 2.58 bits per heavy atom. The minimum absolute atomic E-state index is 0.438. The number of rotatable bonds is 3. The van der Waals surface area contributed by atoms with Crippen LogP contribution in [0, 0.1) is 0 Å². The van der Waals surface area contributed by atoms with E-state index in [2.05, 4.69) is 11.7 Å². The number of nitrogens with one attached hydrogen (secondary N) is 1. The summed E-state index contributed by atoms with van der Waals surface area (Å²) in [4.78, 5) is 0. The molecule has 0 saturated carbocycles. The predicted octanol–water partition coefficient (Wildman–Crippen LogP) is 3.34. The van der Waals surface area contributed by atoms with Gasteiger partial charge in [0, 0.05) is 17.7 Å². The Bertz CT molecular complexity index is 681. The van der Waals surface area contributed by atoms with E-state index in [1.165, 1.54) is 0 Å². The second-order valence-electron chi connectivity index (χ2n) is 4.31. The third-order valence-corrected chi connectivity index (χ3v) is 5.15. The molecule has 19 heavy (non-hydrogen) atoms. The molecule has 0 bridgehead atoms. The highest BCUT2D eigenvalue weighted by atomic mass is 31.2. The molecule has 0 saturated heterocycles. The third kappa shape index (κ3) is 2.01. The predicted molar refractivity (Wildman–Crippen MR) is 77.9 cm³/mol. The van der Waals surface area contributed by atoms with Crippen molar-refractivity contribution in [2.75, 3.05) is 6.54 Å². The van der Waals surface area contributed by atoms with Gasteiger partial charge in [-0.05, 0) is 12.1 Å². The van der Waals surface area contributed by atoms with E-state index in [-0.39, 0.29) is 0 Å². The highest BCUT2D eigenvalue weighted by Crippen LogP contribution is 2.51. The van der Waals surface area contributed by atoms with Crippen LogP contribution in [0.4, 0.5) is 0 Å². The number of para-hydroxylation sites is 1. The normalized spacial score (nSPS) is 20.0. The summed E-state index contributed by atoms with van der Waals surface area (Å²) in [6.07, 6.45) is 1.67. The van der Waals surface area contributed by atoms with Gasteiger partial charge in [0.2, 0.25) is 0 Å². The zero-order valence-corrected chi connectivity index (χ0v) is 11.3. The molecule has 0 fully saturated rings. The minimum Gasteiger partial charge on any atom is -0.429 e. The second kappa shape index (κ2) is 4.69. The maximum absolute atomic E-state index is 13.0. The molecule has 1 N–H and O–H groups in total. The molecular formula is C15H14NO2P. The Balaban J connectivity index is 2.19. The van der Waals surface area contributed by atoms with Gasteiger partial charge in [-0.25, -0.2) is 5.09 Å². The first-order chi connectivity index (χ1) is 9.24. The Labute approximate surface area is 112 Å². The minimum atomic E-state index is -3.07. The maximum atomic E-state index is 13.0. The number of hydrogen-bond acceptors (Lipinski definition) is 2. The number of hydrogen-bond donors (Lipinski definition) is 1. The van der Waals surface area contributed by atoms with Crippen LogP contribution < -0.4 is 14.9 Å². The van der Waals surface area contributed by atoms with E-state index in [4.69, 9.17) is 4.52 Å². The van der Waals surface area contributed by atoms with Crippen LogP contribution in [0.5, 0.6) is 5.75 Å². The summed E-state index contributed by atoms with van der Waals surface area (Å²) in [5.74, 6) is 0.654. The first-order valence-corrected chi connectivity index (χ1v) is 7.72. The highest BCUT2D eigenvalue weighted by Gasteiger charge is 2.35. The summed E-state index contributed by atoms with van der Waals surface area (Å²) in [6, 6.07) is 15.3. The lowest BCUT2D eigenvalue weighted by Crippen LogP contribution is -2.27. The molecule has 0 amide bonds. The lowest BCUT2D eigenvalue weighted by Gasteiger charge is -2.28. The molecule has 0 spiro atoms. The Morgan fingerprint density at radius 2 is 1.79 bits per heavy atom.